The van der Waals surface area contributed by atoms with Crippen molar-refractivity contribution in [3.8, 4) is 11.8 Å². The number of piperidine rings is 1. The molecule has 84 valence electrons. The van der Waals surface area contributed by atoms with Gasteiger partial charge in [-0.25, -0.2) is 0 Å². The molecule has 1 N–H and O–H groups in total. The summed E-state index contributed by atoms with van der Waals surface area (Å²) in [6.45, 7) is 2.00. The molecule has 0 aromatic heterocycles. The van der Waals surface area contributed by atoms with Crippen LogP contribution in [0.15, 0.2) is 24.3 Å². The average molecular weight is 216 g/mol. The summed E-state index contributed by atoms with van der Waals surface area (Å²) in [6, 6.07) is 9.13. The number of hydrogen-bond donors (Lipinski definition) is 1. The third-order valence-electron chi connectivity index (χ3n) is 3.09. The molecule has 0 spiro atoms. The van der Waals surface area contributed by atoms with Crippen LogP contribution < -0.4 is 0 Å². The molecule has 3 heteroatoms. The molecule has 1 aromatic rings. The molecule has 0 saturated carbocycles. The molecule has 1 aliphatic rings. The van der Waals surface area contributed by atoms with Gasteiger partial charge >= 0.3 is 0 Å². The monoisotopic (exact) mass is 216 g/mol. The van der Waals surface area contributed by atoms with Crippen molar-refractivity contribution in [1.82, 2.24) is 4.90 Å². The van der Waals surface area contributed by atoms with E-state index in [2.05, 4.69) is 11.0 Å². The van der Waals surface area contributed by atoms with Crippen LogP contribution >= 0.6 is 0 Å². The van der Waals surface area contributed by atoms with Gasteiger partial charge in [0.1, 0.15) is 11.8 Å². The van der Waals surface area contributed by atoms with Gasteiger partial charge in [-0.2, -0.15) is 5.26 Å². The minimum Gasteiger partial charge on any atom is -0.508 e. The van der Waals surface area contributed by atoms with Crippen LogP contribution in [0.4, 0.5) is 0 Å². The van der Waals surface area contributed by atoms with Crippen LogP contribution in [0.3, 0.4) is 0 Å². The van der Waals surface area contributed by atoms with Gasteiger partial charge in [-0.1, -0.05) is 18.6 Å². The second-order valence-electron chi connectivity index (χ2n) is 4.22. The fraction of sp³-hybridized carbons (Fsp3) is 0.462. The van der Waals surface area contributed by atoms with E-state index in [1.165, 1.54) is 19.3 Å². The number of nitrogens with zero attached hydrogens (tertiary/aromatic N) is 2. The zero-order valence-corrected chi connectivity index (χ0v) is 9.26. The summed E-state index contributed by atoms with van der Waals surface area (Å²) in [5, 5.41) is 18.5. The van der Waals surface area contributed by atoms with E-state index in [1.54, 1.807) is 12.1 Å². The van der Waals surface area contributed by atoms with Gasteiger partial charge in [0.15, 0.2) is 0 Å². The van der Waals surface area contributed by atoms with Gasteiger partial charge < -0.3 is 5.11 Å². The Kier molecular flexibility index (Phi) is 3.43. The number of phenolic OH excluding ortho intramolecular Hbond substituents is 1. The molecular formula is C13H16N2O. The molecule has 2 rings (SSSR count). The largest absolute Gasteiger partial charge is 0.508 e. The van der Waals surface area contributed by atoms with E-state index in [0.717, 1.165) is 18.7 Å². The molecule has 1 aromatic carbocycles. The Morgan fingerprint density at radius 2 is 1.75 bits per heavy atom. The molecule has 1 fully saturated rings. The van der Waals surface area contributed by atoms with Gasteiger partial charge in [-0.05, 0) is 43.6 Å². The maximum absolute atomic E-state index is 9.25. The van der Waals surface area contributed by atoms with Gasteiger partial charge in [-0.15, -0.1) is 0 Å². The summed E-state index contributed by atoms with van der Waals surface area (Å²) in [7, 11) is 0. The maximum atomic E-state index is 9.25. The quantitative estimate of drug-likeness (QED) is 0.826. The molecule has 0 aliphatic carbocycles. The first-order valence-corrected chi connectivity index (χ1v) is 5.74. The predicted octanol–water partition coefficient (Wildman–Crippen LogP) is 2.44. The highest BCUT2D eigenvalue weighted by atomic mass is 16.3. The Bertz CT molecular complexity index is 374. The van der Waals surface area contributed by atoms with Crippen molar-refractivity contribution in [3.63, 3.8) is 0 Å². The van der Waals surface area contributed by atoms with Crippen LogP contribution in [-0.4, -0.2) is 23.1 Å². The summed E-state index contributed by atoms with van der Waals surface area (Å²) in [5.41, 5.74) is 0.974. The summed E-state index contributed by atoms with van der Waals surface area (Å²) < 4.78 is 0. The summed E-state index contributed by atoms with van der Waals surface area (Å²) in [5.74, 6) is 0.249. The number of phenols is 1. The first kappa shape index (κ1) is 11.0. The molecule has 0 bridgehead atoms. The first-order chi connectivity index (χ1) is 7.81. The molecule has 1 heterocycles. The summed E-state index contributed by atoms with van der Waals surface area (Å²) >= 11 is 0. The average Bonchev–Trinajstić information content (AvgIpc) is 2.34. The van der Waals surface area contributed by atoms with Gasteiger partial charge in [0.25, 0.3) is 0 Å². The maximum Gasteiger partial charge on any atom is 0.123 e. The van der Waals surface area contributed by atoms with E-state index in [-0.39, 0.29) is 11.8 Å². The van der Waals surface area contributed by atoms with Crippen molar-refractivity contribution in [3.05, 3.63) is 29.8 Å². The number of benzene rings is 1. The predicted molar refractivity (Wildman–Crippen MR) is 61.9 cm³/mol. The van der Waals surface area contributed by atoms with Crippen molar-refractivity contribution < 1.29 is 5.11 Å². The Balaban J connectivity index is 2.15. The van der Waals surface area contributed by atoms with Crippen molar-refractivity contribution in [2.24, 2.45) is 0 Å². The van der Waals surface area contributed by atoms with Gasteiger partial charge in [-0.3, -0.25) is 4.90 Å². The third-order valence-corrected chi connectivity index (χ3v) is 3.09. The smallest absolute Gasteiger partial charge is 0.123 e. The lowest BCUT2D eigenvalue weighted by Gasteiger charge is -2.30. The lowest BCUT2D eigenvalue weighted by atomic mass is 10.0. The van der Waals surface area contributed by atoms with Crippen LogP contribution in [0, 0.1) is 11.3 Å². The molecular weight excluding hydrogens is 200 g/mol. The normalized spacial score (nSPS) is 18.9. The molecule has 3 nitrogen and oxygen atoms in total. The Hall–Kier alpha value is -1.53. The minimum absolute atomic E-state index is 0.166. The molecule has 0 unspecified atom stereocenters. The molecule has 0 radical (unpaired) electrons. The second kappa shape index (κ2) is 5.00. The Labute approximate surface area is 95.9 Å². The van der Waals surface area contributed by atoms with Crippen molar-refractivity contribution in [1.29, 1.82) is 5.26 Å². The lowest BCUT2D eigenvalue weighted by molar-refractivity contribution is 0.196. The number of rotatable bonds is 2. The lowest BCUT2D eigenvalue weighted by Crippen LogP contribution is -2.33. The Morgan fingerprint density at radius 1 is 1.12 bits per heavy atom. The topological polar surface area (TPSA) is 47.3 Å². The van der Waals surface area contributed by atoms with Gasteiger partial charge in [0.05, 0.1) is 6.07 Å². The van der Waals surface area contributed by atoms with Crippen LogP contribution in [0.1, 0.15) is 30.9 Å². The minimum atomic E-state index is -0.166. The summed E-state index contributed by atoms with van der Waals surface area (Å²) in [6.07, 6.45) is 3.62. The highest BCUT2D eigenvalue weighted by Crippen LogP contribution is 2.25. The van der Waals surface area contributed by atoms with E-state index in [4.69, 9.17) is 0 Å². The number of aromatic hydroxyl groups is 1. The highest BCUT2D eigenvalue weighted by molar-refractivity contribution is 5.30. The van der Waals surface area contributed by atoms with E-state index in [0.29, 0.717) is 0 Å². The van der Waals surface area contributed by atoms with E-state index in [9.17, 15) is 10.4 Å². The molecule has 1 aliphatic heterocycles. The number of hydrogen-bond acceptors (Lipinski definition) is 3. The van der Waals surface area contributed by atoms with E-state index in [1.807, 2.05) is 12.1 Å². The molecule has 1 atom stereocenters. The van der Waals surface area contributed by atoms with Crippen molar-refractivity contribution in [2.75, 3.05) is 13.1 Å². The fourth-order valence-corrected chi connectivity index (χ4v) is 2.20. The van der Waals surface area contributed by atoms with E-state index >= 15 is 0 Å². The van der Waals surface area contributed by atoms with Crippen LogP contribution in [0.2, 0.25) is 0 Å². The first-order valence-electron chi connectivity index (χ1n) is 5.74. The van der Waals surface area contributed by atoms with Crippen LogP contribution in [0.5, 0.6) is 5.75 Å². The molecule has 1 saturated heterocycles. The third kappa shape index (κ3) is 2.34. The zero-order valence-electron chi connectivity index (χ0n) is 9.26. The molecule has 16 heavy (non-hydrogen) atoms. The van der Waals surface area contributed by atoms with Crippen LogP contribution in [-0.2, 0) is 0 Å². The number of likely N-dealkylation sites (tertiary alicyclic amines) is 1. The Morgan fingerprint density at radius 3 is 2.31 bits per heavy atom. The van der Waals surface area contributed by atoms with Crippen molar-refractivity contribution >= 4 is 0 Å². The zero-order chi connectivity index (χ0) is 11.4. The van der Waals surface area contributed by atoms with E-state index < -0.39 is 0 Å². The van der Waals surface area contributed by atoms with Crippen LogP contribution in [0.25, 0.3) is 0 Å². The van der Waals surface area contributed by atoms with Gasteiger partial charge in [0, 0.05) is 0 Å². The second-order valence-corrected chi connectivity index (χ2v) is 4.22. The SMILES string of the molecule is N#C[C@@H](c1ccc(O)cc1)N1CCCCC1. The number of nitriles is 1. The van der Waals surface area contributed by atoms with Crippen molar-refractivity contribution in [2.45, 2.75) is 25.3 Å². The molecule has 0 amide bonds. The van der Waals surface area contributed by atoms with Gasteiger partial charge in [0.2, 0.25) is 0 Å². The fourth-order valence-electron chi connectivity index (χ4n) is 2.20. The highest BCUT2D eigenvalue weighted by Gasteiger charge is 2.21. The standard InChI is InChI=1S/C13H16N2O/c14-10-13(15-8-2-1-3-9-15)11-4-6-12(16)7-5-11/h4-7,13,16H,1-3,8-9H2/t13-/m0/s1. The summed E-state index contributed by atoms with van der Waals surface area (Å²) in [4.78, 5) is 2.22.